The number of aryl methyl sites for hydroxylation is 1. The van der Waals surface area contributed by atoms with Crippen molar-refractivity contribution in [1.29, 1.82) is 0 Å². The van der Waals surface area contributed by atoms with Gasteiger partial charge in [-0.3, -0.25) is 9.59 Å². The van der Waals surface area contributed by atoms with Gasteiger partial charge < -0.3 is 20.1 Å². The number of H-pyrrole nitrogens is 1. The van der Waals surface area contributed by atoms with E-state index >= 15 is 0 Å². The van der Waals surface area contributed by atoms with Crippen LogP contribution in [-0.2, 0) is 4.79 Å². The molecule has 1 fully saturated rings. The summed E-state index contributed by atoms with van der Waals surface area (Å²) in [6.45, 7) is 15.7. The summed E-state index contributed by atoms with van der Waals surface area (Å²) in [6, 6.07) is 0. The summed E-state index contributed by atoms with van der Waals surface area (Å²) >= 11 is 0. The fourth-order valence-electron chi connectivity index (χ4n) is 3.96. The van der Waals surface area contributed by atoms with Gasteiger partial charge in [-0.1, -0.05) is 13.8 Å². The van der Waals surface area contributed by atoms with Gasteiger partial charge in [-0.2, -0.15) is 0 Å². The summed E-state index contributed by atoms with van der Waals surface area (Å²) in [5.41, 5.74) is 4.00. The predicted octanol–water partition coefficient (Wildman–Crippen LogP) is 3.03. The van der Waals surface area contributed by atoms with Crippen LogP contribution in [0.1, 0.15) is 66.8 Å². The molecule has 1 aromatic rings. The van der Waals surface area contributed by atoms with Crippen LogP contribution in [0, 0.1) is 26.7 Å². The highest BCUT2D eigenvalue weighted by atomic mass is 16.2. The zero-order valence-corrected chi connectivity index (χ0v) is 18.4. The Morgan fingerprint density at radius 2 is 1.75 bits per heavy atom. The Morgan fingerprint density at radius 1 is 1.11 bits per heavy atom. The van der Waals surface area contributed by atoms with E-state index in [-0.39, 0.29) is 11.8 Å². The van der Waals surface area contributed by atoms with Gasteiger partial charge in [0.1, 0.15) is 5.69 Å². The molecule has 0 unspecified atom stereocenters. The zero-order valence-electron chi connectivity index (χ0n) is 18.4. The largest absolute Gasteiger partial charge is 0.356 e. The molecule has 1 aromatic heterocycles. The lowest BCUT2D eigenvalue weighted by molar-refractivity contribution is -0.122. The van der Waals surface area contributed by atoms with Crippen molar-refractivity contribution in [1.82, 2.24) is 20.1 Å². The summed E-state index contributed by atoms with van der Waals surface area (Å²) in [7, 11) is 0. The fourth-order valence-corrected chi connectivity index (χ4v) is 3.96. The van der Waals surface area contributed by atoms with Crippen molar-refractivity contribution >= 4 is 11.8 Å². The highest BCUT2D eigenvalue weighted by molar-refractivity contribution is 5.94. The van der Waals surface area contributed by atoms with Crippen LogP contribution >= 0.6 is 0 Å². The second-order valence-corrected chi connectivity index (χ2v) is 8.05. The molecule has 0 spiro atoms. The summed E-state index contributed by atoms with van der Waals surface area (Å²) in [4.78, 5) is 32.5. The minimum Gasteiger partial charge on any atom is -0.356 e. The second-order valence-electron chi connectivity index (χ2n) is 8.05. The van der Waals surface area contributed by atoms with Crippen LogP contribution < -0.4 is 5.32 Å². The molecule has 0 atom stereocenters. The average Bonchev–Trinajstić information content (AvgIpc) is 2.95. The molecular weight excluding hydrogens is 352 g/mol. The maximum Gasteiger partial charge on any atom is 0.270 e. The molecule has 1 aliphatic heterocycles. The van der Waals surface area contributed by atoms with Crippen molar-refractivity contribution in [2.45, 2.75) is 60.3 Å². The fraction of sp³-hybridized carbons (Fsp3) is 0.727. The number of hydrogen-bond donors (Lipinski definition) is 2. The summed E-state index contributed by atoms with van der Waals surface area (Å²) in [5, 5.41) is 3.06. The molecule has 2 rings (SSSR count). The number of rotatable bonds is 9. The van der Waals surface area contributed by atoms with E-state index in [0.29, 0.717) is 12.3 Å². The monoisotopic (exact) mass is 390 g/mol. The lowest BCUT2D eigenvalue weighted by Gasteiger charge is -2.31. The van der Waals surface area contributed by atoms with Crippen molar-refractivity contribution in [3.05, 3.63) is 22.5 Å². The third-order valence-electron chi connectivity index (χ3n) is 6.27. The number of nitrogens with zero attached hydrogens (tertiary/aromatic N) is 2. The number of aromatic nitrogens is 1. The van der Waals surface area contributed by atoms with Crippen LogP contribution in [0.3, 0.4) is 0 Å². The van der Waals surface area contributed by atoms with Gasteiger partial charge >= 0.3 is 0 Å². The Labute approximate surface area is 170 Å². The van der Waals surface area contributed by atoms with E-state index in [2.05, 4.69) is 29.0 Å². The lowest BCUT2D eigenvalue weighted by atomic mass is 9.93. The lowest BCUT2D eigenvalue weighted by Crippen LogP contribution is -2.40. The van der Waals surface area contributed by atoms with Gasteiger partial charge in [0.05, 0.1) is 0 Å². The van der Waals surface area contributed by atoms with Crippen molar-refractivity contribution < 1.29 is 9.59 Å². The van der Waals surface area contributed by atoms with Gasteiger partial charge in [-0.15, -0.1) is 0 Å². The van der Waals surface area contributed by atoms with Gasteiger partial charge in [0, 0.05) is 31.7 Å². The van der Waals surface area contributed by atoms with Crippen LogP contribution in [0.15, 0.2) is 0 Å². The van der Waals surface area contributed by atoms with Gasteiger partial charge in [-0.25, -0.2) is 0 Å². The molecule has 28 heavy (non-hydrogen) atoms. The van der Waals surface area contributed by atoms with Crippen molar-refractivity contribution in [2.24, 2.45) is 5.92 Å². The molecule has 1 aliphatic rings. The number of amides is 2. The SMILES string of the molecule is CCN(CC)CCCNC(=O)CC1CCN(C(=O)c2[nH]c(C)c(C)c2C)CC1. The molecular formula is C22H38N4O2. The number of likely N-dealkylation sites (tertiary alicyclic amines) is 1. The first-order chi connectivity index (χ1) is 13.4. The topological polar surface area (TPSA) is 68.4 Å². The molecule has 1 saturated heterocycles. The first-order valence-electron chi connectivity index (χ1n) is 10.8. The van der Waals surface area contributed by atoms with Crippen LogP contribution in [0.5, 0.6) is 0 Å². The van der Waals surface area contributed by atoms with Crippen LogP contribution in [0.2, 0.25) is 0 Å². The van der Waals surface area contributed by atoms with E-state index < -0.39 is 0 Å². The van der Waals surface area contributed by atoms with Crippen LogP contribution in [0.25, 0.3) is 0 Å². The zero-order chi connectivity index (χ0) is 20.7. The molecule has 2 amide bonds. The Kier molecular flexibility index (Phi) is 8.55. The number of hydrogen-bond acceptors (Lipinski definition) is 3. The molecule has 0 saturated carbocycles. The maximum absolute atomic E-state index is 12.8. The molecule has 0 aromatic carbocycles. The highest BCUT2D eigenvalue weighted by Gasteiger charge is 2.27. The maximum atomic E-state index is 12.8. The normalized spacial score (nSPS) is 15.3. The minimum absolute atomic E-state index is 0.0907. The third kappa shape index (κ3) is 5.84. The van der Waals surface area contributed by atoms with Crippen molar-refractivity contribution in [3.8, 4) is 0 Å². The van der Waals surface area contributed by atoms with Gasteiger partial charge in [0.2, 0.25) is 5.91 Å². The Balaban J connectivity index is 1.71. The van der Waals surface area contributed by atoms with E-state index in [0.717, 1.165) is 81.0 Å². The number of carbonyl (C=O) groups excluding carboxylic acids is 2. The second kappa shape index (κ2) is 10.6. The van der Waals surface area contributed by atoms with E-state index in [1.54, 1.807) is 0 Å². The number of aromatic amines is 1. The van der Waals surface area contributed by atoms with E-state index in [4.69, 9.17) is 0 Å². The van der Waals surface area contributed by atoms with Gasteiger partial charge in [0.15, 0.2) is 0 Å². The van der Waals surface area contributed by atoms with E-state index in [1.807, 2.05) is 25.7 Å². The van der Waals surface area contributed by atoms with E-state index in [1.165, 1.54) is 0 Å². The summed E-state index contributed by atoms with van der Waals surface area (Å²) < 4.78 is 0. The van der Waals surface area contributed by atoms with Crippen LogP contribution in [-0.4, -0.2) is 65.9 Å². The quantitative estimate of drug-likeness (QED) is 0.637. The Morgan fingerprint density at radius 3 is 2.29 bits per heavy atom. The number of carbonyl (C=O) groups is 2. The first kappa shape index (κ1) is 22.5. The van der Waals surface area contributed by atoms with E-state index in [9.17, 15) is 9.59 Å². The average molecular weight is 391 g/mol. The summed E-state index contributed by atoms with van der Waals surface area (Å²) in [5.74, 6) is 0.615. The van der Waals surface area contributed by atoms with Gasteiger partial charge in [-0.05, 0) is 76.7 Å². The molecule has 158 valence electrons. The predicted molar refractivity (Wildman–Crippen MR) is 114 cm³/mol. The molecule has 2 N–H and O–H groups in total. The Bertz CT molecular complexity index is 656. The molecule has 6 nitrogen and oxygen atoms in total. The van der Waals surface area contributed by atoms with Crippen LogP contribution in [0.4, 0.5) is 0 Å². The highest BCUT2D eigenvalue weighted by Crippen LogP contribution is 2.24. The third-order valence-corrected chi connectivity index (χ3v) is 6.27. The molecule has 0 aliphatic carbocycles. The molecule has 0 bridgehead atoms. The minimum atomic E-state index is 0.0907. The van der Waals surface area contributed by atoms with Gasteiger partial charge in [0.25, 0.3) is 5.91 Å². The number of nitrogens with one attached hydrogen (secondary N) is 2. The van der Waals surface area contributed by atoms with Crippen molar-refractivity contribution in [3.63, 3.8) is 0 Å². The standard InChI is InChI=1S/C22H38N4O2/c1-6-25(7-2)12-8-11-23-20(27)15-19-9-13-26(14-10-19)22(28)21-17(4)16(3)18(5)24-21/h19,24H,6-15H2,1-5H3,(H,23,27). The molecule has 0 radical (unpaired) electrons. The first-order valence-corrected chi connectivity index (χ1v) is 10.8. The smallest absolute Gasteiger partial charge is 0.270 e. The summed E-state index contributed by atoms with van der Waals surface area (Å²) in [6.07, 6.45) is 3.37. The molecule has 6 heteroatoms. The molecule has 2 heterocycles. The number of piperidine rings is 1. The Hall–Kier alpha value is -1.82. The van der Waals surface area contributed by atoms with Crippen molar-refractivity contribution in [2.75, 3.05) is 39.3 Å².